The molecule has 8 heteroatoms. The lowest BCUT2D eigenvalue weighted by atomic mass is 9.95. The van der Waals surface area contributed by atoms with Crippen molar-refractivity contribution in [3.05, 3.63) is 53.5 Å². The lowest BCUT2D eigenvalue weighted by Gasteiger charge is -2.35. The Bertz CT molecular complexity index is 888. The van der Waals surface area contributed by atoms with Crippen molar-refractivity contribution >= 4 is 17.8 Å². The van der Waals surface area contributed by atoms with Gasteiger partial charge in [0.05, 0.1) is 12.2 Å². The minimum atomic E-state index is -0.470. The summed E-state index contributed by atoms with van der Waals surface area (Å²) in [5.41, 5.74) is 1.97. The average Bonchev–Trinajstić information content (AvgIpc) is 3.13. The number of hydrogen-bond acceptors (Lipinski definition) is 6. The molecule has 0 aliphatic carbocycles. The predicted molar refractivity (Wildman–Crippen MR) is 105 cm³/mol. The molecule has 1 aromatic carbocycles. The number of nitrogens with one attached hydrogen (secondary N) is 1. The summed E-state index contributed by atoms with van der Waals surface area (Å²) in [6.07, 6.45) is 1.43. The summed E-state index contributed by atoms with van der Waals surface area (Å²) in [7, 11) is 0. The summed E-state index contributed by atoms with van der Waals surface area (Å²) in [6.45, 7) is 7.66. The molecule has 3 rings (SSSR count). The van der Waals surface area contributed by atoms with Gasteiger partial charge in [-0.05, 0) is 33.3 Å². The van der Waals surface area contributed by atoms with Crippen molar-refractivity contribution in [1.29, 1.82) is 0 Å². The van der Waals surface area contributed by atoms with Crippen molar-refractivity contribution in [3.8, 4) is 0 Å². The summed E-state index contributed by atoms with van der Waals surface area (Å²) in [5, 5.41) is 7.22. The van der Waals surface area contributed by atoms with E-state index in [9.17, 15) is 9.59 Å². The van der Waals surface area contributed by atoms with Gasteiger partial charge in [-0.2, -0.15) is 10.1 Å². The van der Waals surface area contributed by atoms with Crippen LogP contribution in [0.25, 0.3) is 0 Å². The number of allylic oxidation sites excluding steroid dienone is 1. The molecule has 2 aromatic rings. The summed E-state index contributed by atoms with van der Waals surface area (Å²) in [4.78, 5) is 31.3. The largest absolute Gasteiger partial charge is 0.463 e. The summed E-state index contributed by atoms with van der Waals surface area (Å²) in [5.74, 6) is -0.0761. The minimum Gasteiger partial charge on any atom is -0.463 e. The number of esters is 1. The summed E-state index contributed by atoms with van der Waals surface area (Å²) in [6, 6.07) is 9.15. The molecular formula is C20H25N5O3. The molecule has 1 aliphatic heterocycles. The number of fused-ring (bicyclic) bond motifs is 1. The van der Waals surface area contributed by atoms with Gasteiger partial charge in [0.15, 0.2) is 0 Å². The van der Waals surface area contributed by atoms with Gasteiger partial charge >= 0.3 is 5.97 Å². The zero-order valence-corrected chi connectivity index (χ0v) is 16.5. The zero-order chi connectivity index (χ0) is 20.3. The van der Waals surface area contributed by atoms with E-state index in [2.05, 4.69) is 15.4 Å². The molecule has 28 heavy (non-hydrogen) atoms. The highest BCUT2D eigenvalue weighted by molar-refractivity contribution is 5.93. The number of hydrogen-bond donors (Lipinski definition) is 1. The van der Waals surface area contributed by atoms with E-state index in [4.69, 9.17) is 4.74 Å². The molecule has 0 saturated carbocycles. The third-order valence-electron chi connectivity index (χ3n) is 4.47. The van der Waals surface area contributed by atoms with Gasteiger partial charge < -0.3 is 15.0 Å². The van der Waals surface area contributed by atoms with Crippen LogP contribution < -0.4 is 10.2 Å². The number of anilines is 1. The number of benzene rings is 1. The first kappa shape index (κ1) is 19.6. The molecule has 0 spiro atoms. The van der Waals surface area contributed by atoms with E-state index in [0.717, 1.165) is 5.56 Å². The number of amides is 1. The van der Waals surface area contributed by atoms with Crippen molar-refractivity contribution in [3.63, 3.8) is 0 Å². The second-order valence-corrected chi connectivity index (χ2v) is 6.85. The van der Waals surface area contributed by atoms with Crippen molar-refractivity contribution in [1.82, 2.24) is 20.1 Å². The van der Waals surface area contributed by atoms with Crippen LogP contribution in [0, 0.1) is 0 Å². The molecule has 1 amide bonds. The lowest BCUT2D eigenvalue weighted by molar-refractivity contribution is -0.139. The van der Waals surface area contributed by atoms with Gasteiger partial charge in [0.1, 0.15) is 18.9 Å². The van der Waals surface area contributed by atoms with Crippen molar-refractivity contribution in [2.24, 2.45) is 0 Å². The number of carbonyl (C=O) groups is 2. The van der Waals surface area contributed by atoms with Crippen molar-refractivity contribution in [2.45, 2.75) is 39.8 Å². The van der Waals surface area contributed by atoms with Crippen LogP contribution in [0.5, 0.6) is 0 Å². The molecule has 0 bridgehead atoms. The molecule has 1 aliphatic rings. The highest BCUT2D eigenvalue weighted by Crippen LogP contribution is 2.38. The SMILES string of the molecule is CCOC(=O)C1=C(C)N(CC(=O)NC(C)C)c2ncnn2[C@H]1c1ccccc1. The Labute approximate surface area is 164 Å². The average molecular weight is 383 g/mol. The van der Waals surface area contributed by atoms with Crippen LogP contribution in [0.15, 0.2) is 47.9 Å². The van der Waals surface area contributed by atoms with Crippen LogP contribution in [-0.4, -0.2) is 45.8 Å². The van der Waals surface area contributed by atoms with Crippen LogP contribution in [0.1, 0.15) is 39.3 Å². The van der Waals surface area contributed by atoms with Crippen LogP contribution in [0.2, 0.25) is 0 Å². The highest BCUT2D eigenvalue weighted by atomic mass is 16.5. The maximum Gasteiger partial charge on any atom is 0.338 e. The molecule has 0 fully saturated rings. The number of rotatable bonds is 6. The van der Waals surface area contributed by atoms with Crippen LogP contribution in [0.4, 0.5) is 5.95 Å². The second kappa shape index (κ2) is 8.24. The Balaban J connectivity index is 2.10. The fraction of sp³-hybridized carbons (Fsp3) is 0.400. The molecule has 0 radical (unpaired) electrons. The number of aromatic nitrogens is 3. The number of carbonyl (C=O) groups excluding carboxylic acids is 2. The summed E-state index contributed by atoms with van der Waals surface area (Å²) < 4.78 is 6.99. The predicted octanol–water partition coefficient (Wildman–Crippen LogP) is 2.05. The maximum absolute atomic E-state index is 12.9. The Hall–Kier alpha value is -3.16. The van der Waals surface area contributed by atoms with Crippen LogP contribution >= 0.6 is 0 Å². The van der Waals surface area contributed by atoms with E-state index >= 15 is 0 Å². The normalized spacial score (nSPS) is 16.2. The van der Waals surface area contributed by atoms with E-state index in [1.54, 1.807) is 16.5 Å². The number of nitrogens with zero attached hydrogens (tertiary/aromatic N) is 4. The van der Waals surface area contributed by atoms with Gasteiger partial charge in [-0.3, -0.25) is 4.79 Å². The van der Waals surface area contributed by atoms with Gasteiger partial charge in [-0.15, -0.1) is 0 Å². The zero-order valence-electron chi connectivity index (χ0n) is 16.5. The van der Waals surface area contributed by atoms with Gasteiger partial charge in [0, 0.05) is 11.7 Å². The van der Waals surface area contributed by atoms with E-state index in [1.165, 1.54) is 6.33 Å². The van der Waals surface area contributed by atoms with Gasteiger partial charge in [-0.1, -0.05) is 30.3 Å². The molecule has 1 atom stereocenters. The van der Waals surface area contributed by atoms with E-state index in [1.807, 2.05) is 51.1 Å². The summed E-state index contributed by atoms with van der Waals surface area (Å²) >= 11 is 0. The minimum absolute atomic E-state index is 0.0149. The quantitative estimate of drug-likeness (QED) is 0.768. The molecule has 0 unspecified atom stereocenters. The number of ether oxygens (including phenoxy) is 1. The Morgan fingerprint density at radius 3 is 2.61 bits per heavy atom. The van der Waals surface area contributed by atoms with Crippen molar-refractivity contribution in [2.75, 3.05) is 18.1 Å². The fourth-order valence-electron chi connectivity index (χ4n) is 3.35. The molecule has 1 N–H and O–H groups in total. The Morgan fingerprint density at radius 2 is 1.96 bits per heavy atom. The molecule has 1 aromatic heterocycles. The standard InChI is InChI=1S/C20H25N5O3/c1-5-28-19(27)17-14(4)24(11-16(26)23-13(2)3)20-21-12-22-25(20)18(17)15-9-7-6-8-10-15/h6-10,12-13,18H,5,11H2,1-4H3,(H,23,26)/t18-/m0/s1. The molecule has 0 saturated heterocycles. The maximum atomic E-state index is 12.9. The van der Waals surface area contributed by atoms with Gasteiger partial charge in [0.2, 0.25) is 11.9 Å². The third kappa shape index (κ3) is 3.76. The van der Waals surface area contributed by atoms with Crippen LogP contribution in [-0.2, 0) is 14.3 Å². The second-order valence-electron chi connectivity index (χ2n) is 6.85. The van der Waals surface area contributed by atoms with Crippen molar-refractivity contribution < 1.29 is 14.3 Å². The smallest absolute Gasteiger partial charge is 0.338 e. The monoisotopic (exact) mass is 383 g/mol. The lowest BCUT2D eigenvalue weighted by Crippen LogP contribution is -2.44. The van der Waals surface area contributed by atoms with E-state index in [0.29, 0.717) is 17.2 Å². The molecule has 148 valence electrons. The van der Waals surface area contributed by atoms with E-state index < -0.39 is 12.0 Å². The van der Waals surface area contributed by atoms with Gasteiger partial charge in [-0.25, -0.2) is 9.48 Å². The first-order valence-electron chi connectivity index (χ1n) is 9.33. The van der Waals surface area contributed by atoms with E-state index in [-0.39, 0.29) is 25.1 Å². The highest BCUT2D eigenvalue weighted by Gasteiger charge is 2.38. The molecule has 8 nitrogen and oxygen atoms in total. The Morgan fingerprint density at radius 1 is 1.25 bits per heavy atom. The first-order chi connectivity index (χ1) is 13.4. The third-order valence-corrected chi connectivity index (χ3v) is 4.47. The fourth-order valence-corrected chi connectivity index (χ4v) is 3.35. The molecular weight excluding hydrogens is 358 g/mol. The van der Waals surface area contributed by atoms with Crippen LogP contribution in [0.3, 0.4) is 0 Å². The Kier molecular flexibility index (Phi) is 5.77. The van der Waals surface area contributed by atoms with Gasteiger partial charge in [0.25, 0.3) is 0 Å². The molecule has 2 heterocycles. The topological polar surface area (TPSA) is 89.3 Å². The first-order valence-corrected chi connectivity index (χ1v) is 9.33.